The molecule has 1 N–H and O–H groups in total. The Morgan fingerprint density at radius 2 is 2.14 bits per heavy atom. The molecule has 0 radical (unpaired) electrons. The van der Waals surface area contributed by atoms with E-state index in [1.807, 2.05) is 40.7 Å². The summed E-state index contributed by atoms with van der Waals surface area (Å²) in [6.07, 6.45) is 2.39. The number of rotatable bonds is 7. The first kappa shape index (κ1) is 18.4. The van der Waals surface area contributed by atoms with Gasteiger partial charge in [0.05, 0.1) is 5.69 Å². The minimum absolute atomic E-state index is 0.249. The number of carbonyl (C=O) groups is 1. The van der Waals surface area contributed by atoms with Gasteiger partial charge in [-0.05, 0) is 53.7 Å². The molecule has 0 saturated carbocycles. The van der Waals surface area contributed by atoms with Crippen LogP contribution in [0.3, 0.4) is 0 Å². The third-order valence-electron chi connectivity index (χ3n) is 2.95. The molecular formula is C16H28N4O2. The molecule has 1 heterocycles. The molecule has 0 atom stereocenters. The van der Waals surface area contributed by atoms with Crippen LogP contribution in [-0.2, 0) is 11.3 Å². The number of nitrogens with one attached hydrogen (secondary N) is 1. The van der Waals surface area contributed by atoms with Crippen molar-refractivity contribution < 1.29 is 9.53 Å². The molecule has 22 heavy (non-hydrogen) atoms. The Balaban J connectivity index is 2.25. The third kappa shape index (κ3) is 7.36. The highest BCUT2D eigenvalue weighted by Crippen LogP contribution is 2.10. The van der Waals surface area contributed by atoms with Crippen LogP contribution in [-0.4, -0.2) is 46.2 Å². The van der Waals surface area contributed by atoms with Crippen LogP contribution in [0.1, 0.15) is 45.6 Å². The van der Waals surface area contributed by atoms with Crippen molar-refractivity contribution in [3.05, 3.63) is 23.8 Å². The molecule has 0 aromatic carbocycles. The normalized spacial score (nSPS) is 11.3. The Kier molecular flexibility index (Phi) is 7.24. The van der Waals surface area contributed by atoms with Crippen LogP contribution in [0.2, 0.25) is 0 Å². The van der Waals surface area contributed by atoms with Gasteiger partial charge >= 0.3 is 6.09 Å². The van der Waals surface area contributed by atoms with Crippen LogP contribution in [0.15, 0.2) is 12.3 Å². The lowest BCUT2D eigenvalue weighted by atomic mass is 10.2. The fourth-order valence-electron chi connectivity index (χ4n) is 1.92. The van der Waals surface area contributed by atoms with Crippen LogP contribution < -0.4 is 5.32 Å². The van der Waals surface area contributed by atoms with Gasteiger partial charge in [0.15, 0.2) is 0 Å². The Labute approximate surface area is 133 Å². The van der Waals surface area contributed by atoms with Crippen molar-refractivity contribution in [3.63, 3.8) is 0 Å². The van der Waals surface area contributed by atoms with Gasteiger partial charge in [0.2, 0.25) is 0 Å². The second-order valence-corrected chi connectivity index (χ2v) is 6.19. The van der Waals surface area contributed by atoms with E-state index in [2.05, 4.69) is 15.3 Å². The summed E-state index contributed by atoms with van der Waals surface area (Å²) in [4.78, 5) is 22.1. The summed E-state index contributed by atoms with van der Waals surface area (Å²) in [5.74, 6) is 0.779. The fraction of sp³-hybridized carbons (Fsp3) is 0.688. The number of amides is 1. The Bertz CT molecular complexity index is 471. The molecular weight excluding hydrogens is 280 g/mol. The van der Waals surface area contributed by atoms with E-state index in [0.717, 1.165) is 24.5 Å². The van der Waals surface area contributed by atoms with Crippen LogP contribution in [0.25, 0.3) is 0 Å². The van der Waals surface area contributed by atoms with Gasteiger partial charge in [0.1, 0.15) is 11.4 Å². The molecule has 0 saturated heterocycles. The first-order valence-electron chi connectivity index (χ1n) is 7.79. The lowest BCUT2D eigenvalue weighted by molar-refractivity contribution is 0.0258. The molecule has 0 aliphatic carbocycles. The highest BCUT2D eigenvalue weighted by Gasteiger charge is 2.20. The van der Waals surface area contributed by atoms with Gasteiger partial charge in [0, 0.05) is 25.8 Å². The molecule has 0 bridgehead atoms. The van der Waals surface area contributed by atoms with E-state index >= 15 is 0 Å². The Morgan fingerprint density at radius 1 is 1.41 bits per heavy atom. The van der Waals surface area contributed by atoms with Crippen molar-refractivity contribution in [1.29, 1.82) is 0 Å². The van der Waals surface area contributed by atoms with Crippen molar-refractivity contribution in [2.45, 2.75) is 53.2 Å². The Morgan fingerprint density at radius 3 is 2.73 bits per heavy atom. The molecule has 0 aliphatic heterocycles. The maximum atomic E-state index is 12.0. The van der Waals surface area contributed by atoms with Crippen molar-refractivity contribution >= 4 is 6.09 Å². The third-order valence-corrected chi connectivity index (χ3v) is 2.95. The minimum atomic E-state index is -0.451. The summed E-state index contributed by atoms with van der Waals surface area (Å²) in [7, 11) is 0. The topological polar surface area (TPSA) is 67.3 Å². The molecule has 1 rings (SSSR count). The van der Waals surface area contributed by atoms with E-state index in [9.17, 15) is 4.79 Å². The van der Waals surface area contributed by atoms with Crippen molar-refractivity contribution in [1.82, 2.24) is 20.2 Å². The van der Waals surface area contributed by atoms with E-state index in [4.69, 9.17) is 4.74 Å². The summed E-state index contributed by atoms with van der Waals surface area (Å²) >= 11 is 0. The van der Waals surface area contributed by atoms with Gasteiger partial charge in [-0.25, -0.2) is 14.8 Å². The predicted molar refractivity (Wildman–Crippen MR) is 86.6 cm³/mol. The highest BCUT2D eigenvalue weighted by molar-refractivity contribution is 5.68. The number of aryl methyl sites for hydroxylation is 1. The number of aromatic nitrogens is 2. The molecule has 0 spiro atoms. The van der Waals surface area contributed by atoms with E-state index in [1.165, 1.54) is 0 Å². The monoisotopic (exact) mass is 308 g/mol. The average Bonchev–Trinajstić information content (AvgIpc) is 2.40. The Hall–Kier alpha value is -1.69. The number of nitrogens with zero attached hydrogens (tertiary/aromatic N) is 3. The molecule has 6 heteroatoms. The first-order chi connectivity index (χ1) is 10.3. The quantitative estimate of drug-likeness (QED) is 0.784. The zero-order chi connectivity index (χ0) is 16.6. The van der Waals surface area contributed by atoms with Gasteiger partial charge in [-0.2, -0.15) is 0 Å². The molecule has 1 amide bonds. The maximum absolute atomic E-state index is 12.0. The maximum Gasteiger partial charge on any atom is 0.410 e. The van der Waals surface area contributed by atoms with Crippen molar-refractivity contribution in [2.24, 2.45) is 0 Å². The molecule has 6 nitrogen and oxygen atoms in total. The fourth-order valence-corrected chi connectivity index (χ4v) is 1.92. The molecule has 0 aliphatic rings. The molecule has 1 aromatic heterocycles. The van der Waals surface area contributed by atoms with E-state index < -0.39 is 5.60 Å². The number of hydrogen-bond acceptors (Lipinski definition) is 5. The predicted octanol–water partition coefficient (Wildman–Crippen LogP) is 2.52. The second kappa shape index (κ2) is 8.68. The van der Waals surface area contributed by atoms with Crippen LogP contribution in [0, 0.1) is 6.92 Å². The summed E-state index contributed by atoms with van der Waals surface area (Å²) in [6, 6.07) is 1.90. The number of hydrogen-bond donors (Lipinski definition) is 1. The lowest BCUT2D eigenvalue weighted by Gasteiger charge is -2.26. The largest absolute Gasteiger partial charge is 0.444 e. The van der Waals surface area contributed by atoms with Gasteiger partial charge in [-0.15, -0.1) is 0 Å². The molecule has 124 valence electrons. The molecule has 0 unspecified atom stereocenters. The van der Waals surface area contributed by atoms with E-state index in [0.29, 0.717) is 19.6 Å². The van der Waals surface area contributed by atoms with Crippen molar-refractivity contribution in [2.75, 3.05) is 19.6 Å². The zero-order valence-corrected chi connectivity index (χ0v) is 14.3. The summed E-state index contributed by atoms with van der Waals surface area (Å²) in [5.41, 5.74) is 0.528. The van der Waals surface area contributed by atoms with E-state index in [-0.39, 0.29) is 6.09 Å². The van der Waals surface area contributed by atoms with Gasteiger partial charge in [0.25, 0.3) is 0 Å². The van der Waals surface area contributed by atoms with Gasteiger partial charge in [-0.3, -0.25) is 0 Å². The van der Waals surface area contributed by atoms with E-state index in [1.54, 1.807) is 11.1 Å². The summed E-state index contributed by atoms with van der Waals surface area (Å²) in [5, 5.41) is 3.33. The standard InChI is InChI=1S/C16H28N4O2/c1-6-20(15(21)22-16(3,4)5)11-7-9-17-12-14-8-10-18-13(2)19-14/h8,10,17H,6-7,9,11-12H2,1-5H3. The summed E-state index contributed by atoms with van der Waals surface area (Å²) < 4.78 is 5.38. The summed E-state index contributed by atoms with van der Waals surface area (Å²) in [6.45, 7) is 12.3. The van der Waals surface area contributed by atoms with Crippen LogP contribution in [0.5, 0.6) is 0 Å². The smallest absolute Gasteiger partial charge is 0.410 e. The van der Waals surface area contributed by atoms with Crippen LogP contribution >= 0.6 is 0 Å². The van der Waals surface area contributed by atoms with Gasteiger partial charge < -0.3 is 15.0 Å². The van der Waals surface area contributed by atoms with Crippen LogP contribution in [0.4, 0.5) is 4.79 Å². The average molecular weight is 308 g/mol. The number of ether oxygens (including phenoxy) is 1. The first-order valence-corrected chi connectivity index (χ1v) is 7.79. The lowest BCUT2D eigenvalue weighted by Crippen LogP contribution is -2.38. The second-order valence-electron chi connectivity index (χ2n) is 6.19. The molecule has 1 aromatic rings. The highest BCUT2D eigenvalue weighted by atomic mass is 16.6. The SMILES string of the molecule is CCN(CCCNCc1ccnc(C)n1)C(=O)OC(C)(C)C. The van der Waals surface area contributed by atoms with Crippen molar-refractivity contribution in [3.8, 4) is 0 Å². The minimum Gasteiger partial charge on any atom is -0.444 e. The zero-order valence-electron chi connectivity index (χ0n) is 14.3. The van der Waals surface area contributed by atoms with Gasteiger partial charge in [-0.1, -0.05) is 0 Å². The number of carbonyl (C=O) groups excluding carboxylic acids is 1. The molecule has 0 fully saturated rings.